The normalized spacial score (nSPS) is 11.7. The van der Waals surface area contributed by atoms with Crippen molar-refractivity contribution in [1.82, 2.24) is 4.90 Å². The first kappa shape index (κ1) is 21.8. The molecule has 0 heterocycles. The zero-order valence-corrected chi connectivity index (χ0v) is 14.9. The molecule has 109 valence electrons. The summed E-state index contributed by atoms with van der Waals surface area (Å²) in [7, 11) is 0. The van der Waals surface area contributed by atoms with E-state index in [0.717, 1.165) is 6.54 Å². The van der Waals surface area contributed by atoms with Gasteiger partial charge < -0.3 is 15.3 Å². The maximum absolute atomic E-state index is 8.58. The first-order valence-electron chi connectivity index (χ1n) is 5.25. The van der Waals surface area contributed by atoms with Crippen molar-refractivity contribution in [3.8, 4) is 0 Å². The minimum atomic E-state index is -1.02. The first-order chi connectivity index (χ1) is 8.29. The molecular weight excluding hydrogens is 385 g/mol. The molecule has 0 aromatic carbocycles. The van der Waals surface area contributed by atoms with Crippen molar-refractivity contribution in [2.75, 3.05) is 39.5 Å². The molecule has 0 bridgehead atoms. The van der Waals surface area contributed by atoms with E-state index in [2.05, 4.69) is 0 Å². The van der Waals surface area contributed by atoms with Gasteiger partial charge in [-0.1, -0.05) is 0 Å². The van der Waals surface area contributed by atoms with Gasteiger partial charge in [0.05, 0.1) is 13.2 Å². The van der Waals surface area contributed by atoms with Crippen molar-refractivity contribution in [2.24, 2.45) is 0 Å². The summed E-state index contributed by atoms with van der Waals surface area (Å²) in [6.45, 7) is 2.24. The van der Waals surface area contributed by atoms with E-state index in [9.17, 15) is 0 Å². The second-order valence-electron chi connectivity index (χ2n) is 3.29. The maximum Gasteiger partial charge on any atom is 0.0558 e. The minimum Gasteiger partial charge on any atom is -0.396 e. The molecule has 0 aliphatic rings. The van der Waals surface area contributed by atoms with Gasteiger partial charge in [0.15, 0.2) is 0 Å². The summed E-state index contributed by atoms with van der Waals surface area (Å²) >= 11 is 22.8. The molecule has 3 radical (unpaired) electrons. The van der Waals surface area contributed by atoms with Crippen LogP contribution in [-0.4, -0.2) is 84.2 Å². The monoisotopic (exact) mass is 402 g/mol. The molecule has 0 saturated heterocycles. The molecular formula is C9H18Cl4GeNO3. The Morgan fingerprint density at radius 3 is 1.56 bits per heavy atom. The molecule has 0 amide bonds. The van der Waals surface area contributed by atoms with Gasteiger partial charge in [-0.3, -0.25) is 4.90 Å². The largest absolute Gasteiger partial charge is 0.396 e. The van der Waals surface area contributed by atoms with Gasteiger partial charge in [0.1, 0.15) is 0 Å². The van der Waals surface area contributed by atoms with E-state index in [4.69, 9.17) is 61.7 Å². The standard InChI is InChI=1S/C7H17NO3.C2HCl4Ge/c9-5-1-2-8(3-6-10)4-7-11;3-1(4)2(5,6)7/h9-11H,1-7H2;1H. The van der Waals surface area contributed by atoms with Crippen LogP contribution >= 0.6 is 46.4 Å². The Labute approximate surface area is 136 Å². The fourth-order valence-corrected chi connectivity index (χ4v) is 0.913. The van der Waals surface area contributed by atoms with Gasteiger partial charge >= 0.3 is 70.9 Å². The molecule has 0 rings (SSSR count). The van der Waals surface area contributed by atoms with Crippen LogP contribution in [0, 0.1) is 0 Å². The second kappa shape index (κ2) is 13.5. The SMILES string of the molecule is ClC(Cl)[C](Cl)(Cl)[Ge].OCCCN(CCO)CCO. The fraction of sp³-hybridized carbons (Fsp3) is 1.00. The van der Waals surface area contributed by atoms with Gasteiger partial charge in [0.25, 0.3) is 0 Å². The van der Waals surface area contributed by atoms with Crippen LogP contribution in [0.3, 0.4) is 0 Å². The molecule has 3 N–H and O–H groups in total. The average Bonchev–Trinajstić information content (AvgIpc) is 2.26. The van der Waals surface area contributed by atoms with Gasteiger partial charge in [-0.2, -0.15) is 0 Å². The number of hydrogen-bond donors (Lipinski definition) is 3. The van der Waals surface area contributed by atoms with Crippen molar-refractivity contribution in [3.05, 3.63) is 0 Å². The summed E-state index contributed by atoms with van der Waals surface area (Å²) in [6, 6.07) is 0. The van der Waals surface area contributed by atoms with Gasteiger partial charge in [0, 0.05) is 26.2 Å². The third kappa shape index (κ3) is 15.6. The fourth-order valence-electron chi connectivity index (χ4n) is 0.913. The summed E-state index contributed by atoms with van der Waals surface area (Å²) in [5, 5.41) is 25.7. The number of nitrogens with zero attached hydrogens (tertiary/aromatic N) is 1. The van der Waals surface area contributed by atoms with Gasteiger partial charge in [-0.25, -0.2) is 0 Å². The molecule has 4 nitrogen and oxygen atoms in total. The van der Waals surface area contributed by atoms with E-state index in [1.807, 2.05) is 4.90 Å². The smallest absolute Gasteiger partial charge is 0.0558 e. The van der Waals surface area contributed by atoms with Crippen molar-refractivity contribution in [2.45, 2.75) is 14.4 Å². The van der Waals surface area contributed by atoms with E-state index < -0.39 is 8.00 Å². The number of hydrogen-bond acceptors (Lipinski definition) is 4. The molecule has 0 saturated carbocycles. The molecule has 18 heavy (non-hydrogen) atoms. The van der Waals surface area contributed by atoms with Gasteiger partial charge in [0.2, 0.25) is 0 Å². The van der Waals surface area contributed by atoms with Crippen molar-refractivity contribution in [1.29, 1.82) is 0 Å². The predicted octanol–water partition coefficient (Wildman–Crippen LogP) is 0.745. The van der Waals surface area contributed by atoms with Crippen LogP contribution < -0.4 is 0 Å². The Bertz CT molecular complexity index is 178. The third-order valence-electron chi connectivity index (χ3n) is 1.74. The number of rotatable bonds is 8. The molecule has 0 fully saturated rings. The molecule has 0 spiro atoms. The van der Waals surface area contributed by atoms with Crippen LogP contribution in [0.25, 0.3) is 0 Å². The van der Waals surface area contributed by atoms with E-state index in [1.165, 1.54) is 16.5 Å². The average molecular weight is 403 g/mol. The maximum atomic E-state index is 8.58. The molecule has 0 aliphatic carbocycles. The zero-order valence-electron chi connectivity index (χ0n) is 9.83. The van der Waals surface area contributed by atoms with Crippen LogP contribution in [0.4, 0.5) is 0 Å². The summed E-state index contributed by atoms with van der Waals surface area (Å²) in [5.41, 5.74) is 0. The Hall–Kier alpha value is 1.54. The predicted molar refractivity (Wildman–Crippen MR) is 78.0 cm³/mol. The van der Waals surface area contributed by atoms with Crippen LogP contribution in [0.2, 0.25) is 0 Å². The molecule has 9 heteroatoms. The Morgan fingerprint density at radius 1 is 0.944 bits per heavy atom. The molecule has 0 aliphatic heterocycles. The van der Waals surface area contributed by atoms with E-state index in [-0.39, 0.29) is 19.8 Å². The number of alkyl halides is 4. The summed E-state index contributed by atoms with van der Waals surface area (Å²) < 4.78 is -1.02. The first-order valence-corrected chi connectivity index (χ1v) is 7.93. The van der Waals surface area contributed by atoms with E-state index in [0.29, 0.717) is 19.5 Å². The Kier molecular flexibility index (Phi) is 16.4. The van der Waals surface area contributed by atoms with Crippen molar-refractivity contribution >= 4 is 62.9 Å². The molecule has 0 aromatic heterocycles. The van der Waals surface area contributed by atoms with Crippen molar-refractivity contribution < 1.29 is 15.3 Å². The number of aliphatic hydroxyl groups excluding tert-OH is 3. The van der Waals surface area contributed by atoms with Gasteiger partial charge in [-0.05, 0) is 6.42 Å². The number of halogens is 4. The number of aliphatic hydroxyl groups is 3. The Balaban J connectivity index is 0. The molecule has 0 atom stereocenters. The Morgan fingerprint density at radius 2 is 1.33 bits per heavy atom. The summed E-state index contributed by atoms with van der Waals surface area (Å²) in [4.78, 5) is 1.19. The quantitative estimate of drug-likeness (QED) is 0.414. The van der Waals surface area contributed by atoms with Crippen LogP contribution in [-0.2, 0) is 0 Å². The van der Waals surface area contributed by atoms with Gasteiger partial charge in [-0.15, -0.1) is 0 Å². The van der Waals surface area contributed by atoms with Crippen molar-refractivity contribution in [3.63, 3.8) is 0 Å². The second-order valence-corrected chi connectivity index (χ2v) is 8.76. The van der Waals surface area contributed by atoms with E-state index in [1.54, 1.807) is 0 Å². The third-order valence-corrected chi connectivity index (χ3v) is 4.65. The van der Waals surface area contributed by atoms with Crippen LogP contribution in [0.5, 0.6) is 0 Å². The topological polar surface area (TPSA) is 63.9 Å². The minimum absolute atomic E-state index is 0.103. The zero-order chi connectivity index (χ0) is 14.6. The van der Waals surface area contributed by atoms with Crippen LogP contribution in [0.1, 0.15) is 6.42 Å². The molecule has 0 unspecified atom stereocenters. The summed E-state index contributed by atoms with van der Waals surface area (Å²) in [6.07, 6.45) is 0.694. The summed E-state index contributed by atoms with van der Waals surface area (Å²) in [5.74, 6) is 0. The molecule has 0 aromatic rings. The van der Waals surface area contributed by atoms with Crippen LogP contribution in [0.15, 0.2) is 0 Å². The van der Waals surface area contributed by atoms with E-state index >= 15 is 0 Å².